The maximum atomic E-state index is 12.2. The topological polar surface area (TPSA) is 68.8 Å². The number of nitrogens with one attached hydrogen (secondary N) is 3. The fourth-order valence-corrected chi connectivity index (χ4v) is 3.47. The predicted molar refractivity (Wildman–Crippen MR) is 137 cm³/mol. The van der Waals surface area contributed by atoms with Crippen molar-refractivity contribution in [2.24, 2.45) is 4.99 Å². The zero-order chi connectivity index (χ0) is 21.1. The largest absolute Gasteiger partial charge is 0.357 e. The zero-order valence-electron chi connectivity index (χ0n) is 19.0. The van der Waals surface area contributed by atoms with Crippen LogP contribution in [0.4, 0.5) is 0 Å². The number of carbonyl (C=O) groups is 1. The maximum absolute atomic E-state index is 12.2. The highest BCUT2D eigenvalue weighted by Gasteiger charge is 2.19. The summed E-state index contributed by atoms with van der Waals surface area (Å²) >= 11 is 0. The van der Waals surface area contributed by atoms with Crippen LogP contribution in [-0.4, -0.2) is 55.0 Å². The van der Waals surface area contributed by atoms with Gasteiger partial charge in [-0.1, -0.05) is 26.0 Å². The van der Waals surface area contributed by atoms with Crippen molar-refractivity contribution >= 4 is 35.8 Å². The Bertz CT molecular complexity index is 641. The number of nitrogens with zero attached hydrogens (tertiary/aromatic N) is 2. The SMILES string of the molecule is CCCN1CCC(NC(=NCc2ccc(C(=O)NC(C)CC)cc2)NCC)CC1.I. The fourth-order valence-electron chi connectivity index (χ4n) is 3.47. The van der Waals surface area contributed by atoms with Crippen molar-refractivity contribution in [3.05, 3.63) is 35.4 Å². The highest BCUT2D eigenvalue weighted by Crippen LogP contribution is 2.11. The van der Waals surface area contributed by atoms with Gasteiger partial charge in [0, 0.05) is 37.3 Å². The minimum absolute atomic E-state index is 0. The van der Waals surface area contributed by atoms with E-state index in [0.717, 1.165) is 50.4 Å². The second-order valence-electron chi connectivity index (χ2n) is 7.94. The minimum atomic E-state index is -0.0150. The lowest BCUT2D eigenvalue weighted by Crippen LogP contribution is -2.48. The standard InChI is InChI=1S/C23H39N5O.HI/c1-5-14-28-15-12-21(13-16-28)27-23(24-7-3)25-17-19-8-10-20(11-9-19)22(29)26-18(4)6-2;/h8-11,18,21H,5-7,12-17H2,1-4H3,(H,26,29)(H2,24,25,27);1H. The Morgan fingerprint density at radius 2 is 1.83 bits per heavy atom. The molecule has 2 rings (SSSR count). The van der Waals surface area contributed by atoms with Crippen LogP contribution in [0, 0.1) is 0 Å². The molecular weight excluding hydrogens is 489 g/mol. The Morgan fingerprint density at radius 3 is 2.40 bits per heavy atom. The van der Waals surface area contributed by atoms with Crippen molar-refractivity contribution < 1.29 is 4.79 Å². The molecule has 1 aromatic carbocycles. The molecule has 1 aromatic rings. The zero-order valence-corrected chi connectivity index (χ0v) is 21.4. The van der Waals surface area contributed by atoms with Crippen LogP contribution in [0.2, 0.25) is 0 Å². The summed E-state index contributed by atoms with van der Waals surface area (Å²) in [6.07, 6.45) is 4.46. The van der Waals surface area contributed by atoms with Gasteiger partial charge in [-0.15, -0.1) is 24.0 Å². The lowest BCUT2D eigenvalue weighted by atomic mass is 10.1. The van der Waals surface area contributed by atoms with Crippen molar-refractivity contribution in [1.82, 2.24) is 20.9 Å². The molecule has 0 aromatic heterocycles. The molecule has 1 saturated heterocycles. The predicted octanol–water partition coefficient (Wildman–Crippen LogP) is 3.76. The molecule has 3 N–H and O–H groups in total. The monoisotopic (exact) mass is 529 g/mol. The summed E-state index contributed by atoms with van der Waals surface area (Å²) in [5.41, 5.74) is 1.79. The van der Waals surface area contributed by atoms with Crippen molar-refractivity contribution in [3.63, 3.8) is 0 Å². The van der Waals surface area contributed by atoms with E-state index in [4.69, 9.17) is 4.99 Å². The van der Waals surface area contributed by atoms with E-state index in [0.29, 0.717) is 18.2 Å². The van der Waals surface area contributed by atoms with Crippen LogP contribution in [0.1, 0.15) is 69.3 Å². The molecule has 1 amide bonds. The number of piperidine rings is 1. The fraction of sp³-hybridized carbons (Fsp3) is 0.652. The van der Waals surface area contributed by atoms with E-state index >= 15 is 0 Å². The molecule has 1 heterocycles. The van der Waals surface area contributed by atoms with E-state index in [2.05, 4.69) is 41.6 Å². The van der Waals surface area contributed by atoms with Gasteiger partial charge in [0.15, 0.2) is 5.96 Å². The molecular formula is C23H40IN5O. The quantitative estimate of drug-likeness (QED) is 0.259. The molecule has 1 fully saturated rings. The highest BCUT2D eigenvalue weighted by molar-refractivity contribution is 14.0. The molecule has 0 spiro atoms. The lowest BCUT2D eigenvalue weighted by Gasteiger charge is -2.32. The number of carbonyl (C=O) groups excluding carboxylic acids is 1. The highest BCUT2D eigenvalue weighted by atomic mass is 127. The molecule has 0 saturated carbocycles. The number of halogens is 1. The van der Waals surface area contributed by atoms with Gasteiger partial charge in [-0.3, -0.25) is 4.79 Å². The van der Waals surface area contributed by atoms with Crippen LogP contribution in [-0.2, 0) is 6.54 Å². The van der Waals surface area contributed by atoms with Gasteiger partial charge in [-0.2, -0.15) is 0 Å². The number of rotatable bonds is 9. The normalized spacial score (nSPS) is 16.5. The van der Waals surface area contributed by atoms with Gasteiger partial charge in [-0.05, 0) is 63.8 Å². The summed E-state index contributed by atoms with van der Waals surface area (Å²) in [6.45, 7) is 13.4. The van der Waals surface area contributed by atoms with Gasteiger partial charge in [0.2, 0.25) is 0 Å². The van der Waals surface area contributed by atoms with Gasteiger partial charge in [-0.25, -0.2) is 4.99 Å². The summed E-state index contributed by atoms with van der Waals surface area (Å²) in [7, 11) is 0. The van der Waals surface area contributed by atoms with Gasteiger partial charge < -0.3 is 20.9 Å². The first-order valence-corrected chi connectivity index (χ1v) is 11.2. The second-order valence-corrected chi connectivity index (χ2v) is 7.94. The number of benzene rings is 1. The van der Waals surface area contributed by atoms with Gasteiger partial charge in [0.1, 0.15) is 0 Å². The van der Waals surface area contributed by atoms with Crippen LogP contribution in [0.5, 0.6) is 0 Å². The number of hydrogen-bond donors (Lipinski definition) is 3. The first kappa shape index (κ1) is 26.7. The van der Waals surface area contributed by atoms with E-state index < -0.39 is 0 Å². The molecule has 0 radical (unpaired) electrons. The molecule has 7 heteroatoms. The molecule has 0 bridgehead atoms. The molecule has 6 nitrogen and oxygen atoms in total. The summed E-state index contributed by atoms with van der Waals surface area (Å²) in [6, 6.07) is 8.41. The van der Waals surface area contributed by atoms with Crippen molar-refractivity contribution in [2.45, 2.75) is 72.0 Å². The Balaban J connectivity index is 0.00000450. The molecule has 0 aliphatic carbocycles. The smallest absolute Gasteiger partial charge is 0.251 e. The van der Waals surface area contributed by atoms with Crippen LogP contribution in [0.25, 0.3) is 0 Å². The third-order valence-corrected chi connectivity index (χ3v) is 5.44. The molecule has 1 atom stereocenters. The minimum Gasteiger partial charge on any atom is -0.357 e. The Kier molecular flexibility index (Phi) is 13.0. The number of hydrogen-bond acceptors (Lipinski definition) is 3. The van der Waals surface area contributed by atoms with Gasteiger partial charge >= 0.3 is 0 Å². The first-order valence-electron chi connectivity index (χ1n) is 11.2. The molecule has 1 aliphatic rings. The number of guanidine groups is 1. The molecule has 1 unspecified atom stereocenters. The van der Waals surface area contributed by atoms with Crippen molar-refractivity contribution in [3.8, 4) is 0 Å². The van der Waals surface area contributed by atoms with E-state index in [-0.39, 0.29) is 35.9 Å². The molecule has 30 heavy (non-hydrogen) atoms. The van der Waals surface area contributed by atoms with Gasteiger partial charge in [0.25, 0.3) is 5.91 Å². The van der Waals surface area contributed by atoms with Crippen LogP contribution in [0.15, 0.2) is 29.3 Å². The average Bonchev–Trinajstić information content (AvgIpc) is 2.74. The maximum Gasteiger partial charge on any atom is 0.251 e. The van der Waals surface area contributed by atoms with Crippen molar-refractivity contribution in [2.75, 3.05) is 26.2 Å². The number of likely N-dealkylation sites (tertiary alicyclic amines) is 1. The summed E-state index contributed by atoms with van der Waals surface area (Å²) in [5, 5.41) is 9.95. The number of amides is 1. The first-order chi connectivity index (χ1) is 14.0. The third-order valence-electron chi connectivity index (χ3n) is 5.44. The third kappa shape index (κ3) is 9.20. The number of aliphatic imine (C=N–C) groups is 1. The van der Waals surface area contributed by atoms with Crippen molar-refractivity contribution in [1.29, 1.82) is 0 Å². The Morgan fingerprint density at radius 1 is 1.17 bits per heavy atom. The Hall–Kier alpha value is -1.35. The van der Waals surface area contributed by atoms with E-state index in [1.165, 1.54) is 13.0 Å². The van der Waals surface area contributed by atoms with Gasteiger partial charge in [0.05, 0.1) is 6.54 Å². The van der Waals surface area contributed by atoms with Crippen LogP contribution < -0.4 is 16.0 Å². The second kappa shape index (κ2) is 14.6. The summed E-state index contributed by atoms with van der Waals surface area (Å²) < 4.78 is 0. The van der Waals surface area contributed by atoms with E-state index in [1.54, 1.807) is 0 Å². The Labute approximate surface area is 199 Å². The molecule has 1 aliphatic heterocycles. The van der Waals surface area contributed by atoms with Crippen LogP contribution >= 0.6 is 24.0 Å². The summed E-state index contributed by atoms with van der Waals surface area (Å²) in [5.74, 6) is 0.860. The van der Waals surface area contributed by atoms with Crippen LogP contribution in [0.3, 0.4) is 0 Å². The lowest BCUT2D eigenvalue weighted by molar-refractivity contribution is 0.0939. The van der Waals surface area contributed by atoms with E-state index in [9.17, 15) is 4.79 Å². The average molecular weight is 530 g/mol. The molecule has 170 valence electrons. The summed E-state index contributed by atoms with van der Waals surface area (Å²) in [4.78, 5) is 19.5. The van der Waals surface area contributed by atoms with E-state index in [1.807, 2.05) is 31.2 Å².